The third kappa shape index (κ3) is 3.00. The Balaban J connectivity index is 1.88. The molecule has 0 unspecified atom stereocenters. The maximum Gasteiger partial charge on any atom is 0.469 e. The predicted octanol–water partition coefficient (Wildman–Crippen LogP) is -2.43. The molecule has 1 saturated heterocycles. The first kappa shape index (κ1) is 17.2. The molecule has 0 aromatic carbocycles. The van der Waals surface area contributed by atoms with Gasteiger partial charge in [-0.15, -0.1) is 0 Å². The number of aromatic nitrogens is 4. The van der Waals surface area contributed by atoms with Crippen molar-refractivity contribution in [3.8, 4) is 0 Å². The summed E-state index contributed by atoms with van der Waals surface area (Å²) in [5.74, 6) is 0.355. The fourth-order valence-electron chi connectivity index (χ4n) is 2.49. The molecule has 3 heterocycles. The van der Waals surface area contributed by atoms with Crippen molar-refractivity contribution in [1.29, 1.82) is 0 Å². The number of aryl methyl sites for hydroxylation is 1. The number of imidazole rings is 1. The molecular weight excluding hydrogens is 345 g/mol. The Kier molecular flexibility index (Phi) is 4.30. The zero-order valence-corrected chi connectivity index (χ0v) is 13.4. The van der Waals surface area contributed by atoms with Crippen molar-refractivity contribution < 1.29 is 38.4 Å². The van der Waals surface area contributed by atoms with Crippen LogP contribution in [-0.2, 0) is 20.9 Å². The highest BCUT2D eigenvalue weighted by Crippen LogP contribution is 2.38. The van der Waals surface area contributed by atoms with E-state index in [1.165, 1.54) is 17.2 Å². The summed E-state index contributed by atoms with van der Waals surface area (Å²) in [6, 6.07) is 0. The second-order valence-electron chi connectivity index (χ2n) is 5.40. The first-order valence-corrected chi connectivity index (χ1v) is 8.40. The van der Waals surface area contributed by atoms with Crippen LogP contribution in [0, 0.1) is 0 Å². The molecule has 1 aliphatic heterocycles. The SMILES string of the molecule is C[n+]1cnc2c(ncn2[C@@H]2O[C@H](COP(=O)(O)O)[C@@H](O)[C@H]2O)c1N. The maximum atomic E-state index is 10.8. The van der Waals surface area contributed by atoms with Crippen LogP contribution in [0.5, 0.6) is 0 Å². The normalized spacial score (nSPS) is 27.9. The van der Waals surface area contributed by atoms with E-state index >= 15 is 0 Å². The number of hydrogen-bond donors (Lipinski definition) is 5. The number of nitrogens with zero attached hydrogens (tertiary/aromatic N) is 4. The van der Waals surface area contributed by atoms with Crippen molar-refractivity contribution in [1.82, 2.24) is 14.5 Å². The van der Waals surface area contributed by atoms with E-state index in [0.29, 0.717) is 17.0 Å². The van der Waals surface area contributed by atoms with Gasteiger partial charge < -0.3 is 30.5 Å². The molecule has 2 aromatic rings. The Labute approximate surface area is 135 Å². The van der Waals surface area contributed by atoms with E-state index in [1.54, 1.807) is 11.6 Å². The van der Waals surface area contributed by atoms with Crippen LogP contribution < -0.4 is 10.3 Å². The van der Waals surface area contributed by atoms with Gasteiger partial charge in [-0.25, -0.2) is 14.1 Å². The standard InChI is InChI=1S/C11H16N5O7P/c1-15-3-14-10-6(9(15)12)13-4-16(10)11-8(18)7(17)5(23-11)2-22-24(19,20)21/h3-5,7-8,11-12,17-18H,2H2,1H3,(H2,19,20,21)/p+1/t5-,7-,8-,11-/m1/s1. The van der Waals surface area contributed by atoms with Gasteiger partial charge in [-0.2, -0.15) is 0 Å². The molecule has 0 bridgehead atoms. The van der Waals surface area contributed by atoms with E-state index in [9.17, 15) is 14.8 Å². The number of anilines is 1. The first-order valence-electron chi connectivity index (χ1n) is 6.87. The molecule has 4 atom stereocenters. The van der Waals surface area contributed by atoms with Gasteiger partial charge in [0, 0.05) is 0 Å². The summed E-state index contributed by atoms with van der Waals surface area (Å²) >= 11 is 0. The molecular formula is C11H17N5O7P+. The molecule has 132 valence electrons. The molecule has 1 aliphatic rings. The van der Waals surface area contributed by atoms with Gasteiger partial charge >= 0.3 is 7.82 Å². The average Bonchev–Trinajstić information content (AvgIpc) is 3.04. The van der Waals surface area contributed by atoms with Gasteiger partial charge in [-0.05, 0) is 0 Å². The summed E-state index contributed by atoms with van der Waals surface area (Å²) in [6.45, 7) is -0.587. The lowest BCUT2D eigenvalue weighted by molar-refractivity contribution is -0.658. The summed E-state index contributed by atoms with van der Waals surface area (Å²) in [4.78, 5) is 25.7. The smallest absolute Gasteiger partial charge is 0.387 e. The number of phosphoric ester groups is 1. The van der Waals surface area contributed by atoms with Crippen LogP contribution in [0.1, 0.15) is 6.23 Å². The van der Waals surface area contributed by atoms with Gasteiger partial charge in [0.2, 0.25) is 12.0 Å². The third-order valence-corrected chi connectivity index (χ3v) is 4.25. The van der Waals surface area contributed by atoms with Gasteiger partial charge in [0.15, 0.2) is 11.7 Å². The molecule has 2 aromatic heterocycles. The fourth-order valence-corrected chi connectivity index (χ4v) is 2.83. The van der Waals surface area contributed by atoms with Crippen molar-refractivity contribution in [2.24, 2.45) is 7.05 Å². The van der Waals surface area contributed by atoms with Crippen LogP contribution in [0.2, 0.25) is 0 Å². The van der Waals surface area contributed by atoms with E-state index < -0.39 is 39.0 Å². The predicted molar refractivity (Wildman–Crippen MR) is 77.0 cm³/mol. The second kappa shape index (κ2) is 6.01. The van der Waals surface area contributed by atoms with Crippen molar-refractivity contribution in [2.75, 3.05) is 12.3 Å². The van der Waals surface area contributed by atoms with Crippen molar-refractivity contribution >= 4 is 24.8 Å². The van der Waals surface area contributed by atoms with Crippen molar-refractivity contribution in [2.45, 2.75) is 24.5 Å². The Hall–Kier alpha value is -1.66. The van der Waals surface area contributed by atoms with Gasteiger partial charge in [0.05, 0.1) is 13.7 Å². The Morgan fingerprint density at radius 2 is 2.12 bits per heavy atom. The molecule has 0 amide bonds. The summed E-state index contributed by atoms with van der Waals surface area (Å²) in [7, 11) is -3.02. The second-order valence-corrected chi connectivity index (χ2v) is 6.64. The fraction of sp³-hybridized carbons (Fsp3) is 0.545. The largest absolute Gasteiger partial charge is 0.469 e. The maximum absolute atomic E-state index is 10.8. The lowest BCUT2D eigenvalue weighted by atomic mass is 10.1. The molecule has 24 heavy (non-hydrogen) atoms. The van der Waals surface area contributed by atoms with Crippen molar-refractivity contribution in [3.63, 3.8) is 0 Å². The highest BCUT2D eigenvalue weighted by Gasteiger charge is 2.45. The minimum atomic E-state index is -4.72. The summed E-state index contributed by atoms with van der Waals surface area (Å²) in [6.07, 6.45) is -2.16. The van der Waals surface area contributed by atoms with Gasteiger partial charge in [-0.3, -0.25) is 9.09 Å². The number of nitrogens with two attached hydrogens (primary N) is 1. The molecule has 0 aliphatic carbocycles. The third-order valence-electron chi connectivity index (χ3n) is 3.76. The summed E-state index contributed by atoms with van der Waals surface area (Å²) < 4.78 is 23.5. The average molecular weight is 362 g/mol. The number of fused-ring (bicyclic) bond motifs is 1. The van der Waals surface area contributed by atoms with Crippen molar-refractivity contribution in [3.05, 3.63) is 12.7 Å². The minimum absolute atomic E-state index is 0.332. The van der Waals surface area contributed by atoms with Gasteiger partial charge in [0.25, 0.3) is 5.82 Å². The minimum Gasteiger partial charge on any atom is -0.387 e. The lowest BCUT2D eigenvalue weighted by Crippen LogP contribution is -2.34. The molecule has 0 radical (unpaired) electrons. The number of aliphatic hydroxyl groups is 2. The van der Waals surface area contributed by atoms with Gasteiger partial charge in [0.1, 0.15) is 24.6 Å². The van der Waals surface area contributed by atoms with Crippen LogP contribution in [0.15, 0.2) is 12.7 Å². The van der Waals surface area contributed by atoms with Gasteiger partial charge in [-0.1, -0.05) is 4.98 Å². The quantitative estimate of drug-likeness (QED) is 0.290. The highest BCUT2D eigenvalue weighted by molar-refractivity contribution is 7.46. The lowest BCUT2D eigenvalue weighted by Gasteiger charge is -2.15. The molecule has 13 heteroatoms. The van der Waals surface area contributed by atoms with E-state index in [-0.39, 0.29) is 0 Å². The number of ether oxygens (including phenoxy) is 1. The van der Waals surface area contributed by atoms with Crippen LogP contribution in [0.25, 0.3) is 11.2 Å². The number of hydrogen-bond acceptors (Lipinski definition) is 8. The molecule has 0 saturated carbocycles. The first-order chi connectivity index (χ1) is 11.2. The molecule has 0 spiro atoms. The topological polar surface area (TPSA) is 177 Å². The van der Waals surface area contributed by atoms with E-state index in [4.69, 9.17) is 20.3 Å². The number of rotatable bonds is 4. The zero-order valence-electron chi connectivity index (χ0n) is 12.5. The summed E-state index contributed by atoms with van der Waals surface area (Å²) in [5, 5.41) is 20.2. The molecule has 3 rings (SSSR count). The highest BCUT2D eigenvalue weighted by atomic mass is 31.2. The Bertz CT molecular complexity index is 807. The molecule has 1 fully saturated rings. The summed E-state index contributed by atoms with van der Waals surface area (Å²) in [5.41, 5.74) is 6.62. The van der Waals surface area contributed by atoms with Crippen LogP contribution in [0.4, 0.5) is 5.82 Å². The molecule has 12 nitrogen and oxygen atoms in total. The van der Waals surface area contributed by atoms with E-state index in [1.807, 2.05) is 0 Å². The van der Waals surface area contributed by atoms with E-state index in [0.717, 1.165) is 0 Å². The molecule has 6 N–H and O–H groups in total. The Morgan fingerprint density at radius 3 is 2.79 bits per heavy atom. The number of nitrogen functional groups attached to an aromatic ring is 1. The van der Waals surface area contributed by atoms with Crippen LogP contribution in [0.3, 0.4) is 0 Å². The van der Waals surface area contributed by atoms with E-state index in [2.05, 4.69) is 14.5 Å². The monoisotopic (exact) mass is 362 g/mol. The van der Waals surface area contributed by atoms with Crippen LogP contribution >= 0.6 is 7.82 Å². The number of aliphatic hydroxyl groups excluding tert-OH is 2. The van der Waals surface area contributed by atoms with Crippen LogP contribution in [-0.4, -0.2) is 59.5 Å². The number of phosphoric acid groups is 1. The zero-order chi connectivity index (χ0) is 17.6. The Morgan fingerprint density at radius 1 is 1.42 bits per heavy atom.